The van der Waals surface area contributed by atoms with E-state index in [1.165, 1.54) is 17.4 Å². The summed E-state index contributed by atoms with van der Waals surface area (Å²) in [6.07, 6.45) is 2.34. The molecule has 0 spiro atoms. The van der Waals surface area contributed by atoms with Gasteiger partial charge in [0.05, 0.1) is 17.4 Å². The van der Waals surface area contributed by atoms with Crippen molar-refractivity contribution in [1.29, 1.82) is 0 Å². The fourth-order valence-electron chi connectivity index (χ4n) is 3.15. The van der Waals surface area contributed by atoms with Crippen molar-refractivity contribution in [2.24, 2.45) is 5.92 Å². The fourth-order valence-corrected chi connectivity index (χ4v) is 4.57. The summed E-state index contributed by atoms with van der Waals surface area (Å²) in [7, 11) is 0. The zero-order valence-corrected chi connectivity index (χ0v) is 17.7. The predicted octanol–water partition coefficient (Wildman–Crippen LogP) is 3.53. The predicted molar refractivity (Wildman–Crippen MR) is 106 cm³/mol. The van der Waals surface area contributed by atoms with Gasteiger partial charge in [-0.25, -0.2) is 9.59 Å². The number of hydrogen-bond donors (Lipinski definition) is 1. The van der Waals surface area contributed by atoms with Crippen molar-refractivity contribution in [3.63, 3.8) is 0 Å². The molecule has 1 amide bonds. The minimum Gasteiger partial charge on any atom is -0.459 e. The van der Waals surface area contributed by atoms with Crippen LogP contribution in [-0.4, -0.2) is 35.7 Å². The highest BCUT2D eigenvalue weighted by atomic mass is 32.1. The molecule has 0 saturated heterocycles. The van der Waals surface area contributed by atoms with E-state index < -0.39 is 24.5 Å². The monoisotopic (exact) mass is 420 g/mol. The van der Waals surface area contributed by atoms with Crippen LogP contribution in [0.15, 0.2) is 10.6 Å². The molecule has 2 aromatic heterocycles. The van der Waals surface area contributed by atoms with E-state index in [4.69, 9.17) is 14.0 Å². The van der Waals surface area contributed by atoms with Crippen LogP contribution >= 0.6 is 11.3 Å². The van der Waals surface area contributed by atoms with Gasteiger partial charge in [-0.3, -0.25) is 4.79 Å². The van der Waals surface area contributed by atoms with Crippen molar-refractivity contribution in [2.45, 2.75) is 53.1 Å². The number of nitrogens with zero attached hydrogens (tertiary/aromatic N) is 1. The van der Waals surface area contributed by atoms with E-state index in [1.54, 1.807) is 20.8 Å². The fraction of sp³-hybridized carbons (Fsp3) is 0.500. The van der Waals surface area contributed by atoms with Crippen LogP contribution in [0, 0.1) is 12.8 Å². The molecule has 0 aliphatic heterocycles. The van der Waals surface area contributed by atoms with Gasteiger partial charge in [0.15, 0.2) is 6.61 Å². The normalized spacial score (nSPS) is 15.7. The lowest BCUT2D eigenvalue weighted by atomic mass is 9.88. The van der Waals surface area contributed by atoms with E-state index in [-0.39, 0.29) is 11.9 Å². The van der Waals surface area contributed by atoms with Crippen LogP contribution < -0.4 is 5.32 Å². The lowest BCUT2D eigenvalue weighted by molar-refractivity contribution is -0.119. The van der Waals surface area contributed by atoms with Gasteiger partial charge in [-0.05, 0) is 51.5 Å². The Labute approximate surface area is 172 Å². The molecule has 2 aromatic rings. The quantitative estimate of drug-likeness (QED) is 0.712. The molecule has 1 N–H and O–H groups in total. The second-order valence-corrected chi connectivity index (χ2v) is 8.57. The smallest absolute Gasteiger partial charge is 0.377 e. The SMILES string of the molecule is Cc1cc(C(=O)OCC(=O)Nc2sc3c(c2C(=O)OC(C)C)CC[C@H](C)C3)on1. The molecule has 0 aromatic carbocycles. The molecule has 0 unspecified atom stereocenters. The standard InChI is InChI=1S/C20H24N2O6S/c1-10(2)27-20(25)17-13-6-5-11(3)7-15(13)29-18(17)21-16(23)9-26-19(24)14-8-12(4)22-28-14/h8,10-11H,5-7,9H2,1-4H3,(H,21,23)/t11-/m0/s1. The maximum Gasteiger partial charge on any atom is 0.377 e. The van der Waals surface area contributed by atoms with Crippen molar-refractivity contribution < 1.29 is 28.4 Å². The lowest BCUT2D eigenvalue weighted by Gasteiger charge is -2.18. The molecular weight excluding hydrogens is 396 g/mol. The first-order valence-electron chi connectivity index (χ1n) is 9.50. The number of carbonyl (C=O) groups is 3. The van der Waals surface area contributed by atoms with Gasteiger partial charge >= 0.3 is 11.9 Å². The second kappa shape index (κ2) is 8.77. The maximum atomic E-state index is 12.7. The Morgan fingerprint density at radius 3 is 2.76 bits per heavy atom. The summed E-state index contributed by atoms with van der Waals surface area (Å²) in [6, 6.07) is 1.43. The van der Waals surface area contributed by atoms with E-state index in [9.17, 15) is 14.4 Å². The number of esters is 2. The van der Waals surface area contributed by atoms with Crippen LogP contribution in [0.4, 0.5) is 5.00 Å². The van der Waals surface area contributed by atoms with Gasteiger partial charge in [-0.2, -0.15) is 0 Å². The molecule has 3 rings (SSSR count). The minimum absolute atomic E-state index is 0.0722. The summed E-state index contributed by atoms with van der Waals surface area (Å²) in [6.45, 7) is 6.89. The van der Waals surface area contributed by atoms with Crippen LogP contribution in [0.25, 0.3) is 0 Å². The van der Waals surface area contributed by atoms with E-state index in [0.29, 0.717) is 22.2 Å². The summed E-state index contributed by atoms with van der Waals surface area (Å²) in [4.78, 5) is 38.0. The Bertz CT molecular complexity index is 930. The average molecular weight is 420 g/mol. The van der Waals surface area contributed by atoms with Crippen molar-refractivity contribution in [2.75, 3.05) is 11.9 Å². The van der Waals surface area contributed by atoms with Gasteiger partial charge in [0.1, 0.15) is 5.00 Å². The number of hydrogen-bond acceptors (Lipinski definition) is 8. The lowest BCUT2D eigenvalue weighted by Crippen LogP contribution is -2.22. The van der Waals surface area contributed by atoms with Crippen LogP contribution in [-0.2, 0) is 27.1 Å². The molecule has 0 saturated carbocycles. The molecule has 0 bridgehead atoms. The van der Waals surface area contributed by atoms with E-state index in [2.05, 4.69) is 17.4 Å². The second-order valence-electron chi connectivity index (χ2n) is 7.47. The molecule has 1 aliphatic carbocycles. The van der Waals surface area contributed by atoms with Crippen LogP contribution in [0.5, 0.6) is 0 Å². The van der Waals surface area contributed by atoms with E-state index in [1.807, 2.05) is 0 Å². The summed E-state index contributed by atoms with van der Waals surface area (Å²) in [5, 5.41) is 6.74. The number of fused-ring (bicyclic) bond motifs is 1. The molecule has 156 valence electrons. The Hall–Kier alpha value is -2.68. The Morgan fingerprint density at radius 2 is 2.10 bits per heavy atom. The molecule has 1 atom stereocenters. The maximum absolute atomic E-state index is 12.7. The molecule has 9 heteroatoms. The van der Waals surface area contributed by atoms with E-state index >= 15 is 0 Å². The highest BCUT2D eigenvalue weighted by molar-refractivity contribution is 7.17. The topological polar surface area (TPSA) is 108 Å². The molecule has 29 heavy (non-hydrogen) atoms. The number of amides is 1. The minimum atomic E-state index is -0.778. The first kappa shape index (κ1) is 21.0. The van der Waals surface area contributed by atoms with Gasteiger partial charge in [0.2, 0.25) is 5.76 Å². The number of thiophene rings is 1. The third-order valence-corrected chi connectivity index (χ3v) is 5.64. The molecule has 0 radical (unpaired) electrons. The Kier molecular flexibility index (Phi) is 6.36. The van der Waals surface area contributed by atoms with Crippen molar-refractivity contribution in [1.82, 2.24) is 5.16 Å². The van der Waals surface area contributed by atoms with Crippen LogP contribution in [0.1, 0.15) is 64.2 Å². The van der Waals surface area contributed by atoms with Crippen LogP contribution in [0.3, 0.4) is 0 Å². The number of ether oxygens (including phenoxy) is 2. The van der Waals surface area contributed by atoms with Gasteiger partial charge in [0.25, 0.3) is 5.91 Å². The summed E-state index contributed by atoms with van der Waals surface area (Å²) in [5.74, 6) is -1.32. The van der Waals surface area contributed by atoms with Gasteiger partial charge in [-0.15, -0.1) is 11.3 Å². The summed E-state index contributed by atoms with van der Waals surface area (Å²) >= 11 is 1.38. The third kappa shape index (κ3) is 5.03. The van der Waals surface area contributed by atoms with E-state index in [0.717, 1.165) is 29.7 Å². The number of aromatic nitrogens is 1. The number of aryl methyl sites for hydroxylation is 1. The first-order valence-corrected chi connectivity index (χ1v) is 10.3. The molecule has 1 aliphatic rings. The Balaban J connectivity index is 1.72. The summed E-state index contributed by atoms with van der Waals surface area (Å²) < 4.78 is 15.2. The van der Waals surface area contributed by atoms with Gasteiger partial charge in [-0.1, -0.05) is 12.1 Å². The first-order chi connectivity index (χ1) is 13.7. The third-order valence-electron chi connectivity index (χ3n) is 4.48. The van der Waals surface area contributed by atoms with Crippen molar-refractivity contribution in [3.8, 4) is 0 Å². The zero-order valence-electron chi connectivity index (χ0n) is 16.9. The highest BCUT2D eigenvalue weighted by Gasteiger charge is 2.29. The zero-order chi connectivity index (χ0) is 21.1. The number of nitrogens with one attached hydrogen (secondary N) is 1. The molecule has 2 heterocycles. The van der Waals surface area contributed by atoms with Gasteiger partial charge < -0.3 is 19.3 Å². The summed E-state index contributed by atoms with van der Waals surface area (Å²) in [5.41, 5.74) is 1.90. The van der Waals surface area contributed by atoms with Crippen molar-refractivity contribution >= 4 is 34.2 Å². The average Bonchev–Trinajstić information content (AvgIpc) is 3.21. The van der Waals surface area contributed by atoms with Gasteiger partial charge in [0, 0.05) is 10.9 Å². The largest absolute Gasteiger partial charge is 0.459 e. The molecular formula is C20H24N2O6S. The highest BCUT2D eigenvalue weighted by Crippen LogP contribution is 2.40. The van der Waals surface area contributed by atoms with Crippen molar-refractivity contribution in [3.05, 3.63) is 33.5 Å². The number of rotatable bonds is 6. The molecule has 0 fully saturated rings. The number of carbonyl (C=O) groups excluding carboxylic acids is 3. The van der Waals surface area contributed by atoms with Crippen LogP contribution in [0.2, 0.25) is 0 Å². The number of anilines is 1. The molecule has 8 nitrogen and oxygen atoms in total. The Morgan fingerprint density at radius 1 is 1.34 bits per heavy atom.